The molecule has 0 aliphatic carbocycles. The van der Waals surface area contributed by atoms with Crippen molar-refractivity contribution in [2.24, 2.45) is 0 Å². The number of carbonyl (C=O) groups excluding carboxylic acids is 1. The lowest BCUT2D eigenvalue weighted by Crippen LogP contribution is -2.01. The molecule has 136 valence electrons. The second kappa shape index (κ2) is 10.1. The van der Waals surface area contributed by atoms with Gasteiger partial charge in [0.25, 0.3) is 0 Å². The molecule has 0 bridgehead atoms. The molecule has 0 saturated carbocycles. The first kappa shape index (κ1) is 20.1. The second-order valence-electron chi connectivity index (χ2n) is 5.38. The van der Waals surface area contributed by atoms with Gasteiger partial charge in [-0.2, -0.15) is 0 Å². The van der Waals surface area contributed by atoms with Crippen molar-refractivity contribution in [3.63, 3.8) is 0 Å². The van der Waals surface area contributed by atoms with E-state index in [4.69, 9.17) is 9.84 Å². The van der Waals surface area contributed by atoms with Crippen molar-refractivity contribution >= 4 is 41.4 Å². The summed E-state index contributed by atoms with van der Waals surface area (Å²) in [5, 5.41) is 8.76. The highest BCUT2D eigenvalue weighted by molar-refractivity contribution is 7.99. The van der Waals surface area contributed by atoms with E-state index < -0.39 is 5.97 Å². The number of benzene rings is 2. The van der Waals surface area contributed by atoms with Crippen LogP contribution in [0.2, 0.25) is 0 Å². The van der Waals surface area contributed by atoms with Crippen LogP contribution in [0.3, 0.4) is 0 Å². The van der Waals surface area contributed by atoms with Gasteiger partial charge in [-0.3, -0.25) is 9.59 Å². The zero-order valence-electron chi connectivity index (χ0n) is 14.6. The van der Waals surface area contributed by atoms with E-state index in [2.05, 4.69) is 0 Å². The number of hydrogen-bond donors (Lipinski definition) is 1. The Morgan fingerprint density at radius 3 is 2.50 bits per heavy atom. The lowest BCUT2D eigenvalue weighted by molar-refractivity contribution is -0.133. The first-order valence-electron chi connectivity index (χ1n) is 7.86. The summed E-state index contributed by atoms with van der Waals surface area (Å²) < 4.78 is 5.30. The van der Waals surface area contributed by atoms with Crippen LogP contribution in [-0.2, 0) is 10.5 Å². The molecule has 0 spiro atoms. The highest BCUT2D eigenvalue weighted by atomic mass is 32.2. The molecular formula is C20H20O4S2. The van der Waals surface area contributed by atoms with Crippen molar-refractivity contribution < 1.29 is 19.4 Å². The summed E-state index contributed by atoms with van der Waals surface area (Å²) in [7, 11) is 1.56. The molecule has 0 aromatic heterocycles. The Morgan fingerprint density at radius 2 is 1.88 bits per heavy atom. The molecule has 6 heteroatoms. The first-order valence-corrected chi connectivity index (χ1v) is 10.2. The Kier molecular flexibility index (Phi) is 7.81. The molecule has 4 nitrogen and oxygen atoms in total. The van der Waals surface area contributed by atoms with Gasteiger partial charge in [-0.15, -0.1) is 23.5 Å². The summed E-state index contributed by atoms with van der Waals surface area (Å²) in [5.41, 5.74) is 2.32. The molecule has 0 atom stereocenters. The minimum Gasteiger partial charge on any atom is -0.496 e. The summed E-state index contributed by atoms with van der Waals surface area (Å²) in [6, 6.07) is 13.2. The third kappa shape index (κ3) is 5.97. The van der Waals surface area contributed by atoms with Crippen molar-refractivity contribution in [1.82, 2.24) is 0 Å². The zero-order chi connectivity index (χ0) is 18.9. The highest BCUT2D eigenvalue weighted by Crippen LogP contribution is 2.25. The van der Waals surface area contributed by atoms with Gasteiger partial charge in [0.05, 0.1) is 12.9 Å². The van der Waals surface area contributed by atoms with Gasteiger partial charge in [-0.25, -0.2) is 0 Å². The fourth-order valence-electron chi connectivity index (χ4n) is 2.28. The maximum Gasteiger partial charge on any atom is 0.313 e. The third-order valence-electron chi connectivity index (χ3n) is 3.59. The van der Waals surface area contributed by atoms with Gasteiger partial charge in [-0.05, 0) is 48.2 Å². The average Bonchev–Trinajstić information content (AvgIpc) is 2.66. The molecule has 0 aliphatic rings. The lowest BCUT2D eigenvalue weighted by atomic mass is 10.1. The number of ketones is 1. The average molecular weight is 389 g/mol. The van der Waals surface area contributed by atoms with Gasteiger partial charge < -0.3 is 9.84 Å². The van der Waals surface area contributed by atoms with Crippen LogP contribution in [0.5, 0.6) is 5.75 Å². The number of allylic oxidation sites excluding steroid dienone is 1. The first-order chi connectivity index (χ1) is 12.5. The predicted octanol–water partition coefficient (Wildman–Crippen LogP) is 4.63. The van der Waals surface area contributed by atoms with Crippen LogP contribution < -0.4 is 4.74 Å². The second-order valence-corrected chi connectivity index (χ2v) is 7.25. The Morgan fingerprint density at radius 1 is 1.15 bits per heavy atom. The molecule has 2 aromatic carbocycles. The number of methoxy groups -OCH3 is 1. The van der Waals surface area contributed by atoms with Crippen LogP contribution in [0, 0.1) is 0 Å². The number of thioether (sulfide) groups is 2. The Balaban J connectivity index is 2.11. The molecule has 0 aliphatic heterocycles. The van der Waals surface area contributed by atoms with Crippen LogP contribution in [0.15, 0.2) is 53.4 Å². The molecule has 26 heavy (non-hydrogen) atoms. The van der Waals surface area contributed by atoms with E-state index in [-0.39, 0.29) is 11.5 Å². The van der Waals surface area contributed by atoms with Crippen LogP contribution in [0.4, 0.5) is 0 Å². The predicted molar refractivity (Wildman–Crippen MR) is 108 cm³/mol. The summed E-state index contributed by atoms with van der Waals surface area (Å²) in [6.07, 6.45) is 5.35. The molecule has 0 heterocycles. The van der Waals surface area contributed by atoms with E-state index in [0.717, 1.165) is 11.1 Å². The number of ether oxygens (including phenoxy) is 1. The van der Waals surface area contributed by atoms with E-state index in [1.165, 1.54) is 16.7 Å². The van der Waals surface area contributed by atoms with Crippen LogP contribution in [-0.4, -0.2) is 36.0 Å². The molecule has 0 fully saturated rings. The van der Waals surface area contributed by atoms with E-state index >= 15 is 0 Å². The highest BCUT2D eigenvalue weighted by Gasteiger charge is 2.09. The van der Waals surface area contributed by atoms with Crippen LogP contribution in [0.1, 0.15) is 21.5 Å². The molecule has 2 rings (SSSR count). The number of aliphatic carboxylic acids is 1. The van der Waals surface area contributed by atoms with Gasteiger partial charge in [0.2, 0.25) is 0 Å². The van der Waals surface area contributed by atoms with Crippen molar-refractivity contribution in [2.75, 3.05) is 19.1 Å². The monoisotopic (exact) mass is 388 g/mol. The van der Waals surface area contributed by atoms with Crippen LogP contribution >= 0.6 is 23.5 Å². The molecule has 0 amide bonds. The van der Waals surface area contributed by atoms with Gasteiger partial charge in [0.15, 0.2) is 5.78 Å². The minimum atomic E-state index is -0.864. The smallest absolute Gasteiger partial charge is 0.313 e. The molecule has 2 aromatic rings. The van der Waals surface area contributed by atoms with Gasteiger partial charge in [0.1, 0.15) is 5.75 Å². The van der Waals surface area contributed by atoms with Crippen molar-refractivity contribution in [3.05, 3.63) is 65.2 Å². The standard InChI is InChI=1S/C20H20O4S2/c1-24-19-10-6-15(11-16(19)12-26-13-20(22)23)18(21)9-5-14-3-7-17(25-2)8-4-14/h3-11H,12-13H2,1-2H3,(H,22,23)/b9-5+. The number of rotatable bonds is 9. The largest absolute Gasteiger partial charge is 0.496 e. The topological polar surface area (TPSA) is 63.6 Å². The Labute approximate surface area is 161 Å². The fraction of sp³-hybridized carbons (Fsp3) is 0.200. The van der Waals surface area contributed by atoms with Gasteiger partial charge >= 0.3 is 5.97 Å². The molecule has 0 unspecified atom stereocenters. The Hall–Kier alpha value is -2.18. The van der Waals surface area contributed by atoms with Crippen LogP contribution in [0.25, 0.3) is 6.08 Å². The number of carboxylic acids is 1. The maximum atomic E-state index is 12.4. The number of carboxylic acid groups (broad SMARTS) is 1. The summed E-state index contributed by atoms with van der Waals surface area (Å²) in [5.74, 6) is 0.155. The fourth-order valence-corrected chi connectivity index (χ4v) is 3.41. The number of hydrogen-bond acceptors (Lipinski definition) is 5. The Bertz CT molecular complexity index is 798. The zero-order valence-corrected chi connectivity index (χ0v) is 16.2. The minimum absolute atomic E-state index is 0.00721. The van der Waals surface area contributed by atoms with Crippen molar-refractivity contribution in [2.45, 2.75) is 10.6 Å². The van der Waals surface area contributed by atoms with Crippen molar-refractivity contribution in [3.8, 4) is 5.75 Å². The lowest BCUT2D eigenvalue weighted by Gasteiger charge is -2.09. The van der Waals surface area contributed by atoms with Gasteiger partial charge in [0, 0.05) is 21.8 Å². The van der Waals surface area contributed by atoms with E-state index in [1.54, 1.807) is 49.2 Å². The molecule has 1 N–H and O–H groups in total. The quantitative estimate of drug-likeness (QED) is 0.384. The summed E-state index contributed by atoms with van der Waals surface area (Å²) >= 11 is 2.94. The SMILES string of the molecule is COc1ccc(C(=O)/C=C/c2ccc(SC)cc2)cc1CSCC(=O)O. The van der Waals surface area contributed by atoms with E-state index in [1.807, 2.05) is 30.5 Å². The molecular weight excluding hydrogens is 368 g/mol. The molecule has 0 radical (unpaired) electrons. The third-order valence-corrected chi connectivity index (χ3v) is 5.30. The maximum absolute atomic E-state index is 12.4. The molecule has 0 saturated heterocycles. The van der Waals surface area contributed by atoms with E-state index in [9.17, 15) is 9.59 Å². The number of carbonyl (C=O) groups is 2. The summed E-state index contributed by atoms with van der Waals surface area (Å²) in [4.78, 5) is 24.3. The summed E-state index contributed by atoms with van der Waals surface area (Å²) in [6.45, 7) is 0. The van der Waals surface area contributed by atoms with Crippen molar-refractivity contribution in [1.29, 1.82) is 0 Å². The van der Waals surface area contributed by atoms with Gasteiger partial charge in [-0.1, -0.05) is 18.2 Å². The van der Waals surface area contributed by atoms with E-state index in [0.29, 0.717) is 17.1 Å². The normalized spacial score (nSPS) is 10.8.